The number of fused-ring (bicyclic) bond motifs is 2. The zero-order valence-corrected chi connectivity index (χ0v) is 17.5. The van der Waals surface area contributed by atoms with E-state index in [1.165, 1.54) is 11.3 Å². The number of carbonyl (C=O) groups excluding carboxylic acids is 1. The normalized spacial score (nSPS) is 13.0. The molecule has 0 atom stereocenters. The van der Waals surface area contributed by atoms with Crippen molar-refractivity contribution in [2.75, 3.05) is 52.4 Å². The highest BCUT2D eigenvalue weighted by atomic mass is 32.1. The number of rotatable bonds is 6. The molecule has 1 aromatic heterocycles. The molecule has 152 valence electrons. The number of likely N-dealkylation sites (N-methyl/N-ethyl adjacent to an activating group) is 1. The Bertz CT molecular complexity index is 1030. The van der Waals surface area contributed by atoms with Crippen molar-refractivity contribution in [1.82, 2.24) is 9.88 Å². The summed E-state index contributed by atoms with van der Waals surface area (Å²) in [6.45, 7) is 2.24. The van der Waals surface area contributed by atoms with Crippen LogP contribution in [0.15, 0.2) is 36.4 Å². The number of hydrogen-bond acceptors (Lipinski definition) is 7. The number of benzene rings is 2. The van der Waals surface area contributed by atoms with Crippen molar-refractivity contribution in [2.45, 2.75) is 0 Å². The maximum Gasteiger partial charge on any atom is 0.260 e. The van der Waals surface area contributed by atoms with Crippen LogP contribution in [0, 0.1) is 0 Å². The monoisotopic (exact) mass is 413 g/mol. The smallest absolute Gasteiger partial charge is 0.260 e. The molecule has 8 heteroatoms. The van der Waals surface area contributed by atoms with Gasteiger partial charge in [-0.1, -0.05) is 11.3 Å². The SMILES string of the molecule is COc1ccc2sc(N(CCN(C)C)C(=O)c3ccc4c(c3)OCCO4)nc2c1. The van der Waals surface area contributed by atoms with Crippen LogP contribution in [0.3, 0.4) is 0 Å². The highest BCUT2D eigenvalue weighted by Gasteiger charge is 2.23. The first-order valence-electron chi connectivity index (χ1n) is 9.36. The van der Waals surface area contributed by atoms with Gasteiger partial charge in [-0.25, -0.2) is 4.98 Å². The fourth-order valence-electron chi connectivity index (χ4n) is 3.05. The minimum atomic E-state index is -0.116. The van der Waals surface area contributed by atoms with Crippen LogP contribution >= 0.6 is 11.3 Å². The number of thiazole rings is 1. The summed E-state index contributed by atoms with van der Waals surface area (Å²) in [6.07, 6.45) is 0. The van der Waals surface area contributed by atoms with Crippen LogP contribution in [0.4, 0.5) is 5.13 Å². The number of ether oxygens (including phenoxy) is 3. The minimum absolute atomic E-state index is 0.116. The Morgan fingerprint density at radius 2 is 1.90 bits per heavy atom. The summed E-state index contributed by atoms with van der Waals surface area (Å²) in [5, 5.41) is 0.662. The molecule has 0 unspecified atom stereocenters. The van der Waals surface area contributed by atoms with Crippen LogP contribution in [0.1, 0.15) is 10.4 Å². The largest absolute Gasteiger partial charge is 0.497 e. The van der Waals surface area contributed by atoms with Gasteiger partial charge in [0.1, 0.15) is 19.0 Å². The molecule has 0 N–H and O–H groups in total. The van der Waals surface area contributed by atoms with Gasteiger partial charge in [-0.05, 0) is 44.4 Å². The van der Waals surface area contributed by atoms with Crippen LogP contribution in [0.5, 0.6) is 17.2 Å². The number of amides is 1. The summed E-state index contributed by atoms with van der Waals surface area (Å²) in [5.74, 6) is 1.89. The van der Waals surface area contributed by atoms with Crippen molar-refractivity contribution in [3.63, 3.8) is 0 Å². The Kier molecular flexibility index (Phi) is 5.55. The van der Waals surface area contributed by atoms with Gasteiger partial charge in [0, 0.05) is 24.7 Å². The lowest BCUT2D eigenvalue weighted by molar-refractivity contribution is 0.0984. The van der Waals surface area contributed by atoms with Crippen molar-refractivity contribution >= 4 is 32.6 Å². The molecular formula is C21H23N3O4S. The van der Waals surface area contributed by atoms with E-state index in [9.17, 15) is 4.79 Å². The van der Waals surface area contributed by atoms with Gasteiger partial charge < -0.3 is 19.1 Å². The zero-order valence-electron chi connectivity index (χ0n) is 16.7. The van der Waals surface area contributed by atoms with E-state index in [4.69, 9.17) is 19.2 Å². The summed E-state index contributed by atoms with van der Waals surface area (Å²) in [5.41, 5.74) is 1.36. The predicted molar refractivity (Wildman–Crippen MR) is 114 cm³/mol. The third-order valence-corrected chi connectivity index (χ3v) is 5.68. The van der Waals surface area contributed by atoms with Gasteiger partial charge >= 0.3 is 0 Å². The lowest BCUT2D eigenvalue weighted by Gasteiger charge is -2.23. The Morgan fingerprint density at radius 3 is 2.66 bits per heavy atom. The van der Waals surface area contributed by atoms with E-state index in [0.717, 1.165) is 22.5 Å². The topological polar surface area (TPSA) is 64.1 Å². The molecule has 0 radical (unpaired) electrons. The Hall–Kier alpha value is -2.84. The predicted octanol–water partition coefficient (Wildman–Crippen LogP) is 3.28. The molecule has 0 saturated heterocycles. The zero-order chi connectivity index (χ0) is 20.4. The number of anilines is 1. The van der Waals surface area contributed by atoms with E-state index in [2.05, 4.69) is 0 Å². The summed E-state index contributed by atoms with van der Waals surface area (Å²) >= 11 is 1.49. The second-order valence-corrected chi connectivity index (χ2v) is 7.96. The van der Waals surface area contributed by atoms with Crippen molar-refractivity contribution in [1.29, 1.82) is 0 Å². The highest BCUT2D eigenvalue weighted by molar-refractivity contribution is 7.22. The van der Waals surface area contributed by atoms with Gasteiger partial charge in [-0.15, -0.1) is 0 Å². The molecule has 2 heterocycles. The van der Waals surface area contributed by atoms with Crippen LogP contribution < -0.4 is 19.1 Å². The van der Waals surface area contributed by atoms with E-state index >= 15 is 0 Å². The Labute approximate surface area is 173 Å². The van der Waals surface area contributed by atoms with E-state index in [-0.39, 0.29) is 5.91 Å². The first-order chi connectivity index (χ1) is 14.0. The molecule has 1 amide bonds. The standard InChI is InChI=1S/C21H23N3O4S/c1-23(2)8-9-24(21-22-16-13-15(26-3)5-7-19(16)29-21)20(25)14-4-6-17-18(12-14)28-11-10-27-17/h4-7,12-13H,8-11H2,1-3H3. The number of aromatic nitrogens is 1. The average Bonchev–Trinajstić information content (AvgIpc) is 3.15. The molecule has 0 fully saturated rings. The second-order valence-electron chi connectivity index (χ2n) is 6.95. The molecule has 29 heavy (non-hydrogen) atoms. The molecule has 3 aromatic rings. The van der Waals surface area contributed by atoms with Crippen molar-refractivity contribution < 1.29 is 19.0 Å². The van der Waals surface area contributed by atoms with Gasteiger partial charge in [-0.2, -0.15) is 0 Å². The van der Waals surface area contributed by atoms with Gasteiger partial charge in [0.05, 0.1) is 17.3 Å². The molecule has 0 spiro atoms. The third-order valence-electron chi connectivity index (χ3n) is 4.62. The number of methoxy groups -OCH3 is 1. The maximum atomic E-state index is 13.4. The van der Waals surface area contributed by atoms with Gasteiger partial charge in [0.15, 0.2) is 16.6 Å². The van der Waals surface area contributed by atoms with Crippen molar-refractivity contribution in [3.05, 3.63) is 42.0 Å². The van der Waals surface area contributed by atoms with Crippen LogP contribution in [0.25, 0.3) is 10.2 Å². The summed E-state index contributed by atoms with van der Waals surface area (Å²) in [7, 11) is 5.59. The fourth-order valence-corrected chi connectivity index (χ4v) is 4.02. The molecule has 1 aliphatic rings. The van der Waals surface area contributed by atoms with Gasteiger partial charge in [0.2, 0.25) is 0 Å². The first kappa shape index (κ1) is 19.5. The molecule has 4 rings (SSSR count). The molecule has 7 nitrogen and oxygen atoms in total. The van der Waals surface area contributed by atoms with E-state index in [1.807, 2.05) is 37.2 Å². The Morgan fingerprint density at radius 1 is 1.10 bits per heavy atom. The number of hydrogen-bond donors (Lipinski definition) is 0. The lowest BCUT2D eigenvalue weighted by atomic mass is 10.1. The molecule has 2 aromatic carbocycles. The fraction of sp³-hybridized carbons (Fsp3) is 0.333. The third kappa shape index (κ3) is 4.13. The van der Waals surface area contributed by atoms with E-state index in [0.29, 0.717) is 42.0 Å². The molecule has 0 aliphatic carbocycles. The second kappa shape index (κ2) is 8.26. The minimum Gasteiger partial charge on any atom is -0.497 e. The highest BCUT2D eigenvalue weighted by Crippen LogP contribution is 2.34. The summed E-state index contributed by atoms with van der Waals surface area (Å²) in [4.78, 5) is 21.9. The molecule has 0 saturated carbocycles. The Balaban J connectivity index is 1.68. The van der Waals surface area contributed by atoms with Crippen LogP contribution in [-0.4, -0.2) is 63.3 Å². The molecular weight excluding hydrogens is 390 g/mol. The van der Waals surface area contributed by atoms with E-state index < -0.39 is 0 Å². The summed E-state index contributed by atoms with van der Waals surface area (Å²) in [6, 6.07) is 11.1. The van der Waals surface area contributed by atoms with Crippen molar-refractivity contribution in [3.8, 4) is 17.2 Å². The van der Waals surface area contributed by atoms with E-state index in [1.54, 1.807) is 30.2 Å². The number of carbonyl (C=O) groups is 1. The van der Waals surface area contributed by atoms with Crippen LogP contribution in [0.2, 0.25) is 0 Å². The maximum absolute atomic E-state index is 13.4. The van der Waals surface area contributed by atoms with Gasteiger partial charge in [-0.3, -0.25) is 9.69 Å². The van der Waals surface area contributed by atoms with Crippen LogP contribution in [-0.2, 0) is 0 Å². The number of nitrogens with zero attached hydrogens (tertiary/aromatic N) is 3. The van der Waals surface area contributed by atoms with Gasteiger partial charge in [0.25, 0.3) is 5.91 Å². The van der Waals surface area contributed by atoms with Crippen molar-refractivity contribution in [2.24, 2.45) is 0 Å². The lowest BCUT2D eigenvalue weighted by Crippen LogP contribution is -2.36. The quantitative estimate of drug-likeness (QED) is 0.618. The molecule has 0 bridgehead atoms. The molecule has 1 aliphatic heterocycles. The summed E-state index contributed by atoms with van der Waals surface area (Å²) < 4.78 is 17.5. The average molecular weight is 413 g/mol. The first-order valence-corrected chi connectivity index (χ1v) is 10.2.